The lowest BCUT2D eigenvalue weighted by atomic mass is 10.2. The number of urea groups is 1. The maximum Gasteiger partial charge on any atom is 0.315 e. The lowest BCUT2D eigenvalue weighted by molar-refractivity contribution is 0.0850. The molecular weight excluding hydrogens is 275 g/mol. The Hall–Kier alpha value is -2.34. The molecule has 2 aromatic rings. The maximum atomic E-state index is 12.7. The van der Waals surface area contributed by atoms with Gasteiger partial charge in [-0.3, -0.25) is 0 Å². The van der Waals surface area contributed by atoms with Crippen LogP contribution in [0.5, 0.6) is 0 Å². The van der Waals surface area contributed by atoms with E-state index in [2.05, 4.69) is 10.6 Å². The third-order valence-corrected chi connectivity index (χ3v) is 2.96. The van der Waals surface area contributed by atoms with E-state index in [0.717, 1.165) is 5.56 Å². The first-order valence-corrected chi connectivity index (χ1v) is 6.51. The Morgan fingerprint density at radius 2 is 2.05 bits per heavy atom. The number of carbonyl (C=O) groups excluding carboxylic acids is 1. The Kier molecular flexibility index (Phi) is 5.34. The van der Waals surface area contributed by atoms with Gasteiger partial charge in [-0.2, -0.15) is 0 Å². The molecule has 0 aliphatic carbocycles. The molecule has 1 heterocycles. The van der Waals surface area contributed by atoms with Crippen molar-refractivity contribution in [3.05, 3.63) is 59.8 Å². The minimum atomic E-state index is -0.337. The van der Waals surface area contributed by atoms with Gasteiger partial charge in [0, 0.05) is 13.7 Å². The van der Waals surface area contributed by atoms with Gasteiger partial charge in [-0.25, -0.2) is 9.18 Å². The molecule has 2 amide bonds. The van der Waals surface area contributed by atoms with Crippen LogP contribution in [0.25, 0.3) is 0 Å². The fourth-order valence-corrected chi connectivity index (χ4v) is 1.81. The van der Waals surface area contributed by atoms with Crippen molar-refractivity contribution in [2.75, 3.05) is 13.7 Å². The molecule has 0 aliphatic heterocycles. The predicted octanol–water partition coefficient (Wildman–Crippen LogP) is 2.61. The number of halogens is 1. The van der Waals surface area contributed by atoms with Crippen molar-refractivity contribution in [1.29, 1.82) is 0 Å². The number of benzene rings is 1. The van der Waals surface area contributed by atoms with Gasteiger partial charge in [0.1, 0.15) is 17.7 Å². The van der Waals surface area contributed by atoms with E-state index >= 15 is 0 Å². The summed E-state index contributed by atoms with van der Waals surface area (Å²) in [6.07, 6.45) is 1.22. The molecule has 1 atom stereocenters. The Labute approximate surface area is 122 Å². The van der Waals surface area contributed by atoms with Crippen LogP contribution in [-0.2, 0) is 11.3 Å². The highest BCUT2D eigenvalue weighted by atomic mass is 19.1. The van der Waals surface area contributed by atoms with E-state index in [-0.39, 0.29) is 18.0 Å². The average Bonchev–Trinajstić information content (AvgIpc) is 3.01. The second-order valence-electron chi connectivity index (χ2n) is 4.43. The van der Waals surface area contributed by atoms with Crippen molar-refractivity contribution in [3.63, 3.8) is 0 Å². The van der Waals surface area contributed by atoms with E-state index < -0.39 is 0 Å². The van der Waals surface area contributed by atoms with E-state index in [9.17, 15) is 9.18 Å². The topological polar surface area (TPSA) is 63.5 Å². The van der Waals surface area contributed by atoms with E-state index in [1.54, 1.807) is 37.6 Å². The summed E-state index contributed by atoms with van der Waals surface area (Å²) >= 11 is 0. The van der Waals surface area contributed by atoms with Crippen molar-refractivity contribution >= 4 is 6.03 Å². The van der Waals surface area contributed by atoms with Gasteiger partial charge in [0.2, 0.25) is 0 Å². The quantitative estimate of drug-likeness (QED) is 0.860. The van der Waals surface area contributed by atoms with Gasteiger partial charge in [0.05, 0.1) is 12.8 Å². The molecule has 112 valence electrons. The summed E-state index contributed by atoms with van der Waals surface area (Å²) in [7, 11) is 1.55. The average molecular weight is 292 g/mol. The van der Waals surface area contributed by atoms with Crippen molar-refractivity contribution in [2.24, 2.45) is 0 Å². The Bertz CT molecular complexity index is 555. The molecule has 2 N–H and O–H groups in total. The fourth-order valence-electron chi connectivity index (χ4n) is 1.81. The highest BCUT2D eigenvalue weighted by Gasteiger charge is 2.14. The zero-order chi connectivity index (χ0) is 15.1. The van der Waals surface area contributed by atoms with Crippen molar-refractivity contribution in [1.82, 2.24) is 10.6 Å². The van der Waals surface area contributed by atoms with E-state index in [1.165, 1.54) is 12.1 Å². The Balaban J connectivity index is 1.75. The molecule has 0 saturated carbocycles. The van der Waals surface area contributed by atoms with Crippen LogP contribution in [0.4, 0.5) is 9.18 Å². The van der Waals surface area contributed by atoms with Gasteiger partial charge in [0.15, 0.2) is 0 Å². The molecule has 1 aromatic carbocycles. The Morgan fingerprint density at radius 3 is 2.67 bits per heavy atom. The first-order chi connectivity index (χ1) is 10.2. The van der Waals surface area contributed by atoms with E-state index in [0.29, 0.717) is 18.8 Å². The molecule has 5 nitrogen and oxygen atoms in total. The summed E-state index contributed by atoms with van der Waals surface area (Å²) in [5.41, 5.74) is 0.820. The third-order valence-electron chi connectivity index (χ3n) is 2.96. The second-order valence-corrected chi connectivity index (χ2v) is 4.43. The van der Waals surface area contributed by atoms with Gasteiger partial charge >= 0.3 is 6.03 Å². The van der Waals surface area contributed by atoms with Crippen LogP contribution in [0.1, 0.15) is 17.4 Å². The van der Waals surface area contributed by atoms with Crippen molar-refractivity contribution in [2.45, 2.75) is 12.6 Å². The standard InChI is InChI=1S/C15H17FN2O3/c1-20-14(13-3-2-8-21-13)10-18-15(19)17-9-11-4-6-12(16)7-5-11/h2-8,14H,9-10H2,1H3,(H2,17,18,19)/t14-/m0/s1. The number of furan rings is 1. The monoisotopic (exact) mass is 292 g/mol. The first-order valence-electron chi connectivity index (χ1n) is 6.51. The van der Waals surface area contributed by atoms with Gasteiger partial charge in [-0.05, 0) is 29.8 Å². The van der Waals surface area contributed by atoms with Crippen LogP contribution in [-0.4, -0.2) is 19.7 Å². The fraction of sp³-hybridized carbons (Fsp3) is 0.267. The molecule has 0 fully saturated rings. The summed E-state index contributed by atoms with van der Waals surface area (Å²) in [6.45, 7) is 0.615. The number of rotatable bonds is 6. The summed E-state index contributed by atoms with van der Waals surface area (Å²) in [4.78, 5) is 11.7. The highest BCUT2D eigenvalue weighted by Crippen LogP contribution is 2.15. The van der Waals surface area contributed by atoms with Crippen LogP contribution in [0.2, 0.25) is 0 Å². The van der Waals surface area contributed by atoms with Crippen LogP contribution in [0.15, 0.2) is 47.1 Å². The first kappa shape index (κ1) is 15.1. The molecule has 1 aromatic heterocycles. The molecule has 21 heavy (non-hydrogen) atoms. The minimum Gasteiger partial charge on any atom is -0.467 e. The molecule has 6 heteroatoms. The summed E-state index contributed by atoms with van der Waals surface area (Å²) in [6, 6.07) is 9.17. The van der Waals surface area contributed by atoms with Gasteiger partial charge in [-0.1, -0.05) is 12.1 Å². The molecule has 0 unspecified atom stereocenters. The van der Waals surface area contributed by atoms with Crippen LogP contribution < -0.4 is 10.6 Å². The Morgan fingerprint density at radius 1 is 1.29 bits per heavy atom. The zero-order valence-electron chi connectivity index (χ0n) is 11.6. The second kappa shape index (κ2) is 7.44. The molecule has 0 bridgehead atoms. The summed E-state index contributed by atoms with van der Waals surface area (Å²) in [5, 5.41) is 5.38. The van der Waals surface area contributed by atoms with Crippen molar-refractivity contribution < 1.29 is 18.3 Å². The molecule has 0 saturated heterocycles. The number of carbonyl (C=O) groups is 1. The van der Waals surface area contributed by atoms with Gasteiger partial charge in [0.25, 0.3) is 0 Å². The molecule has 2 rings (SSSR count). The zero-order valence-corrected chi connectivity index (χ0v) is 11.6. The smallest absolute Gasteiger partial charge is 0.315 e. The summed E-state index contributed by atoms with van der Waals surface area (Å²) in [5.74, 6) is 0.348. The number of hydrogen-bond donors (Lipinski definition) is 2. The number of methoxy groups -OCH3 is 1. The highest BCUT2D eigenvalue weighted by molar-refractivity contribution is 5.73. The van der Waals surface area contributed by atoms with E-state index in [4.69, 9.17) is 9.15 Å². The maximum absolute atomic E-state index is 12.7. The number of hydrogen-bond acceptors (Lipinski definition) is 3. The van der Waals surface area contributed by atoms with Gasteiger partial charge < -0.3 is 19.8 Å². The number of ether oxygens (including phenoxy) is 1. The lowest BCUT2D eigenvalue weighted by Gasteiger charge is -2.14. The van der Waals surface area contributed by atoms with Gasteiger partial charge in [-0.15, -0.1) is 0 Å². The minimum absolute atomic E-state index is 0.291. The molecule has 0 aliphatic rings. The van der Waals surface area contributed by atoms with Crippen LogP contribution >= 0.6 is 0 Å². The number of amides is 2. The third kappa shape index (κ3) is 4.61. The van der Waals surface area contributed by atoms with Crippen LogP contribution in [0.3, 0.4) is 0 Å². The molecule has 0 spiro atoms. The van der Waals surface area contributed by atoms with Crippen molar-refractivity contribution in [3.8, 4) is 0 Å². The van der Waals surface area contributed by atoms with E-state index in [1.807, 2.05) is 0 Å². The lowest BCUT2D eigenvalue weighted by Crippen LogP contribution is -2.37. The molecule has 0 radical (unpaired) electrons. The van der Waals surface area contributed by atoms with Crippen LogP contribution in [0, 0.1) is 5.82 Å². The molecular formula is C15H17FN2O3. The summed E-state index contributed by atoms with van der Waals surface area (Å²) < 4.78 is 23.2. The normalized spacial score (nSPS) is 11.9. The number of nitrogens with one attached hydrogen (secondary N) is 2. The largest absolute Gasteiger partial charge is 0.467 e. The SMILES string of the molecule is CO[C@@H](CNC(=O)NCc1ccc(F)cc1)c1ccco1. The predicted molar refractivity (Wildman–Crippen MR) is 75.1 cm³/mol.